The number of nitrogens with zero attached hydrogens (tertiary/aromatic N) is 2. The van der Waals surface area contributed by atoms with Crippen molar-refractivity contribution in [2.75, 3.05) is 17.2 Å². The maximum atomic E-state index is 4.78. The minimum atomic E-state index is 0.185. The molecule has 1 aromatic heterocycles. The minimum absolute atomic E-state index is 0.185. The van der Waals surface area contributed by atoms with Crippen LogP contribution in [-0.2, 0) is 6.42 Å². The first-order valence-electron chi connectivity index (χ1n) is 8.47. The van der Waals surface area contributed by atoms with E-state index >= 15 is 0 Å². The fourth-order valence-corrected chi connectivity index (χ4v) is 3.10. The van der Waals surface area contributed by atoms with Crippen molar-refractivity contribution < 1.29 is 0 Å². The van der Waals surface area contributed by atoms with Crippen molar-refractivity contribution in [3.8, 4) is 0 Å². The second kappa shape index (κ2) is 7.10. The lowest BCUT2D eigenvalue weighted by molar-refractivity contribution is 0.348. The van der Waals surface area contributed by atoms with Crippen LogP contribution in [-0.4, -0.2) is 22.1 Å². The summed E-state index contributed by atoms with van der Waals surface area (Å²) < 4.78 is 0. The second-order valence-electron chi connectivity index (χ2n) is 6.49. The first-order valence-corrected chi connectivity index (χ1v) is 8.47. The minimum Gasteiger partial charge on any atom is -0.370 e. The van der Waals surface area contributed by atoms with Crippen molar-refractivity contribution >= 4 is 11.6 Å². The Morgan fingerprint density at radius 2 is 1.71 bits per heavy atom. The Bertz CT molecular complexity index is 464. The van der Waals surface area contributed by atoms with E-state index in [1.165, 1.54) is 32.1 Å². The van der Waals surface area contributed by atoms with E-state index in [0.29, 0.717) is 0 Å². The van der Waals surface area contributed by atoms with Gasteiger partial charge in [0.25, 0.3) is 0 Å². The van der Waals surface area contributed by atoms with Gasteiger partial charge in [-0.1, -0.05) is 26.2 Å². The molecule has 0 aromatic carbocycles. The molecule has 1 aromatic rings. The Balaban J connectivity index is 2.27. The van der Waals surface area contributed by atoms with Crippen LogP contribution < -0.4 is 10.6 Å². The van der Waals surface area contributed by atoms with Crippen LogP contribution in [0.3, 0.4) is 0 Å². The molecule has 21 heavy (non-hydrogen) atoms. The van der Waals surface area contributed by atoms with Crippen LogP contribution in [0.15, 0.2) is 0 Å². The maximum absolute atomic E-state index is 4.78. The molecule has 0 amide bonds. The number of nitrogens with one attached hydrogen (secondary N) is 2. The smallest absolute Gasteiger partial charge is 0.135 e. The molecule has 118 valence electrons. The van der Waals surface area contributed by atoms with Crippen LogP contribution in [0.2, 0.25) is 0 Å². The molecule has 0 aliphatic heterocycles. The van der Waals surface area contributed by atoms with E-state index in [-0.39, 0.29) is 5.54 Å². The zero-order valence-corrected chi connectivity index (χ0v) is 14.1. The van der Waals surface area contributed by atoms with Gasteiger partial charge in [0.15, 0.2) is 0 Å². The third kappa shape index (κ3) is 4.08. The van der Waals surface area contributed by atoms with Crippen LogP contribution in [0, 0.1) is 6.92 Å². The fourth-order valence-electron chi connectivity index (χ4n) is 3.10. The maximum Gasteiger partial charge on any atom is 0.135 e. The number of rotatable bonds is 6. The Morgan fingerprint density at radius 1 is 1.05 bits per heavy atom. The van der Waals surface area contributed by atoms with E-state index in [1.807, 2.05) is 0 Å². The quantitative estimate of drug-likeness (QED) is 0.820. The van der Waals surface area contributed by atoms with Crippen molar-refractivity contribution in [3.63, 3.8) is 0 Å². The summed E-state index contributed by atoms with van der Waals surface area (Å²) in [5.41, 5.74) is 1.33. The fraction of sp³-hybridized carbons (Fsp3) is 0.765. The molecule has 1 saturated carbocycles. The van der Waals surface area contributed by atoms with Crippen LogP contribution in [0.25, 0.3) is 0 Å². The molecule has 0 bridgehead atoms. The molecule has 4 nitrogen and oxygen atoms in total. The summed E-state index contributed by atoms with van der Waals surface area (Å²) in [5.74, 6) is 2.95. The Morgan fingerprint density at radius 3 is 2.33 bits per heavy atom. The molecule has 0 unspecified atom stereocenters. The highest BCUT2D eigenvalue weighted by atomic mass is 15.1. The Kier molecular flexibility index (Phi) is 5.43. The highest BCUT2D eigenvalue weighted by Gasteiger charge is 2.28. The van der Waals surface area contributed by atoms with Crippen molar-refractivity contribution in [1.82, 2.24) is 9.97 Å². The van der Waals surface area contributed by atoms with E-state index < -0.39 is 0 Å². The standard InChI is InChI=1S/C17H30N4/c1-5-10-14-19-15(18-6-2)13(3)16(20-14)21-17(4)11-8-7-9-12-17/h5-12H2,1-4H3,(H2,18,19,20,21). The Hall–Kier alpha value is -1.32. The highest BCUT2D eigenvalue weighted by molar-refractivity contribution is 5.58. The van der Waals surface area contributed by atoms with Crippen molar-refractivity contribution in [2.45, 2.75) is 78.2 Å². The molecular weight excluding hydrogens is 260 g/mol. The van der Waals surface area contributed by atoms with Gasteiger partial charge in [0.05, 0.1) is 0 Å². The molecule has 1 fully saturated rings. The first kappa shape index (κ1) is 16.1. The molecule has 1 aliphatic carbocycles. The summed E-state index contributed by atoms with van der Waals surface area (Å²) >= 11 is 0. The van der Waals surface area contributed by atoms with Crippen molar-refractivity contribution in [3.05, 3.63) is 11.4 Å². The van der Waals surface area contributed by atoms with Gasteiger partial charge in [0.2, 0.25) is 0 Å². The third-order valence-corrected chi connectivity index (χ3v) is 4.39. The van der Waals surface area contributed by atoms with E-state index in [0.717, 1.165) is 42.4 Å². The monoisotopic (exact) mass is 290 g/mol. The number of aryl methyl sites for hydroxylation is 1. The summed E-state index contributed by atoms with van der Waals surface area (Å²) in [7, 11) is 0. The highest BCUT2D eigenvalue weighted by Crippen LogP contribution is 2.32. The van der Waals surface area contributed by atoms with Gasteiger partial charge in [-0.15, -0.1) is 0 Å². The number of hydrogen-bond donors (Lipinski definition) is 2. The molecule has 0 spiro atoms. The van der Waals surface area contributed by atoms with Gasteiger partial charge in [0.1, 0.15) is 17.5 Å². The van der Waals surface area contributed by atoms with Gasteiger partial charge in [-0.25, -0.2) is 9.97 Å². The average Bonchev–Trinajstić information content (AvgIpc) is 2.45. The molecule has 2 N–H and O–H groups in total. The van der Waals surface area contributed by atoms with Crippen molar-refractivity contribution in [1.29, 1.82) is 0 Å². The average molecular weight is 290 g/mol. The Labute approximate surface area is 129 Å². The molecular formula is C17H30N4. The predicted molar refractivity (Wildman–Crippen MR) is 90.0 cm³/mol. The lowest BCUT2D eigenvalue weighted by atomic mass is 9.83. The number of aromatic nitrogens is 2. The predicted octanol–water partition coefficient (Wildman–Crippen LogP) is 4.30. The van der Waals surface area contributed by atoms with E-state index in [1.54, 1.807) is 0 Å². The normalized spacial score (nSPS) is 17.5. The summed E-state index contributed by atoms with van der Waals surface area (Å²) in [4.78, 5) is 9.45. The first-order chi connectivity index (χ1) is 10.1. The van der Waals surface area contributed by atoms with Crippen LogP contribution in [0.1, 0.15) is 70.7 Å². The summed E-state index contributed by atoms with van der Waals surface area (Å²) in [6.45, 7) is 9.62. The largest absolute Gasteiger partial charge is 0.370 e. The van der Waals surface area contributed by atoms with Gasteiger partial charge in [-0.2, -0.15) is 0 Å². The van der Waals surface area contributed by atoms with E-state index in [2.05, 4.69) is 43.3 Å². The van der Waals surface area contributed by atoms with Crippen LogP contribution >= 0.6 is 0 Å². The number of hydrogen-bond acceptors (Lipinski definition) is 4. The molecule has 4 heteroatoms. The summed E-state index contributed by atoms with van der Waals surface area (Å²) in [5, 5.41) is 7.11. The molecule has 2 rings (SSSR count). The SMILES string of the molecule is CCCc1nc(NCC)c(C)c(NC2(C)CCCCC2)n1. The van der Waals surface area contributed by atoms with E-state index in [4.69, 9.17) is 4.98 Å². The third-order valence-electron chi connectivity index (χ3n) is 4.39. The van der Waals surface area contributed by atoms with E-state index in [9.17, 15) is 0 Å². The van der Waals surface area contributed by atoms with Gasteiger partial charge < -0.3 is 10.6 Å². The lowest BCUT2D eigenvalue weighted by Gasteiger charge is -2.35. The van der Waals surface area contributed by atoms with Crippen LogP contribution in [0.5, 0.6) is 0 Å². The molecule has 0 saturated heterocycles. The zero-order valence-electron chi connectivity index (χ0n) is 14.1. The molecule has 0 atom stereocenters. The summed E-state index contributed by atoms with van der Waals surface area (Å²) in [6, 6.07) is 0. The topological polar surface area (TPSA) is 49.8 Å². The zero-order chi connectivity index (χ0) is 15.3. The molecule has 1 aliphatic rings. The van der Waals surface area contributed by atoms with Gasteiger partial charge in [-0.3, -0.25) is 0 Å². The molecule has 1 heterocycles. The second-order valence-corrected chi connectivity index (χ2v) is 6.49. The lowest BCUT2D eigenvalue weighted by Crippen LogP contribution is -2.37. The number of anilines is 2. The van der Waals surface area contributed by atoms with Gasteiger partial charge in [0, 0.05) is 24.1 Å². The van der Waals surface area contributed by atoms with Crippen LogP contribution in [0.4, 0.5) is 11.6 Å². The van der Waals surface area contributed by atoms with Gasteiger partial charge >= 0.3 is 0 Å². The summed E-state index contributed by atoms with van der Waals surface area (Å²) in [6.07, 6.45) is 8.47. The van der Waals surface area contributed by atoms with Gasteiger partial charge in [-0.05, 0) is 40.0 Å². The van der Waals surface area contributed by atoms with Crippen molar-refractivity contribution in [2.24, 2.45) is 0 Å². The molecule has 0 radical (unpaired) electrons.